The van der Waals surface area contributed by atoms with Crippen molar-refractivity contribution >= 4 is 10.9 Å². The topological polar surface area (TPSA) is 28.7 Å². The molecule has 0 aliphatic rings. The Labute approximate surface area is 82.1 Å². The van der Waals surface area contributed by atoms with Crippen molar-refractivity contribution in [2.75, 3.05) is 0 Å². The molecule has 2 rings (SSSR count). The summed E-state index contributed by atoms with van der Waals surface area (Å²) in [7, 11) is 0. The van der Waals surface area contributed by atoms with Crippen molar-refractivity contribution < 1.29 is 4.39 Å². The van der Waals surface area contributed by atoms with E-state index in [0.29, 0.717) is 5.56 Å². The highest BCUT2D eigenvalue weighted by Gasteiger charge is 2.22. The first kappa shape index (κ1) is 9.19. The number of H-pyrrole nitrogens is 1. The minimum atomic E-state index is -0.212. The monoisotopic (exact) mass is 192 g/mol. The lowest BCUT2D eigenvalue weighted by Crippen LogP contribution is -2.14. The molecule has 0 unspecified atom stereocenters. The third-order valence-electron chi connectivity index (χ3n) is 2.32. The number of nitrogens with zero attached hydrogens (tertiary/aromatic N) is 1. The van der Waals surface area contributed by atoms with Gasteiger partial charge in [0.05, 0.1) is 11.7 Å². The van der Waals surface area contributed by atoms with Gasteiger partial charge in [-0.25, -0.2) is 4.39 Å². The lowest BCUT2D eigenvalue weighted by atomic mass is 9.85. The van der Waals surface area contributed by atoms with Crippen LogP contribution >= 0.6 is 0 Å². The van der Waals surface area contributed by atoms with Gasteiger partial charge in [0, 0.05) is 10.9 Å². The Bertz CT molecular complexity index is 466. The molecule has 1 N–H and O–H groups in total. The van der Waals surface area contributed by atoms with E-state index in [2.05, 4.69) is 10.2 Å². The van der Waals surface area contributed by atoms with Gasteiger partial charge in [-0.05, 0) is 17.5 Å². The molecule has 1 heterocycles. The van der Waals surface area contributed by atoms with Gasteiger partial charge in [-0.1, -0.05) is 20.8 Å². The molecule has 0 saturated carbocycles. The summed E-state index contributed by atoms with van der Waals surface area (Å²) in [5.74, 6) is -0.172. The van der Waals surface area contributed by atoms with E-state index in [4.69, 9.17) is 0 Å². The number of aromatic nitrogens is 2. The summed E-state index contributed by atoms with van der Waals surface area (Å²) >= 11 is 0. The zero-order chi connectivity index (χ0) is 10.3. The Morgan fingerprint density at radius 2 is 2.00 bits per heavy atom. The van der Waals surface area contributed by atoms with Crippen LogP contribution < -0.4 is 0 Å². The average Bonchev–Trinajstić information content (AvgIpc) is 2.48. The molecule has 3 heteroatoms. The molecule has 2 aromatic rings. The van der Waals surface area contributed by atoms with E-state index in [9.17, 15) is 4.39 Å². The lowest BCUT2D eigenvalue weighted by Gasteiger charge is -2.20. The summed E-state index contributed by atoms with van der Waals surface area (Å²) < 4.78 is 13.6. The van der Waals surface area contributed by atoms with Crippen molar-refractivity contribution in [3.63, 3.8) is 0 Å². The predicted molar refractivity (Wildman–Crippen MR) is 54.8 cm³/mol. The summed E-state index contributed by atoms with van der Waals surface area (Å²) in [4.78, 5) is 0. The number of fused-ring (bicyclic) bond motifs is 1. The van der Waals surface area contributed by atoms with Crippen LogP contribution in [0.1, 0.15) is 26.3 Å². The van der Waals surface area contributed by atoms with Gasteiger partial charge in [-0.15, -0.1) is 0 Å². The molecule has 1 aromatic carbocycles. The number of hydrogen-bond acceptors (Lipinski definition) is 1. The predicted octanol–water partition coefficient (Wildman–Crippen LogP) is 3.00. The lowest BCUT2D eigenvalue weighted by molar-refractivity contribution is 0.527. The van der Waals surface area contributed by atoms with E-state index < -0.39 is 0 Å². The van der Waals surface area contributed by atoms with Crippen LogP contribution in [0, 0.1) is 5.82 Å². The maximum absolute atomic E-state index is 13.6. The highest BCUT2D eigenvalue weighted by Crippen LogP contribution is 2.30. The standard InChI is InChI=1S/C11H13FN2/c1-11(2,3)9-8(12)5-4-7-6-13-14-10(7)9/h4-6H,1-3H3,(H,13,14). The smallest absolute Gasteiger partial charge is 0.129 e. The Hall–Kier alpha value is -1.38. The van der Waals surface area contributed by atoms with Crippen LogP contribution in [0.15, 0.2) is 18.3 Å². The fourth-order valence-corrected chi connectivity index (χ4v) is 1.72. The van der Waals surface area contributed by atoms with Crippen LogP contribution in [0.5, 0.6) is 0 Å². The van der Waals surface area contributed by atoms with Crippen molar-refractivity contribution in [3.8, 4) is 0 Å². The van der Waals surface area contributed by atoms with Crippen LogP contribution in [0.25, 0.3) is 10.9 Å². The molecule has 0 aliphatic carbocycles. The zero-order valence-electron chi connectivity index (χ0n) is 8.56. The first-order valence-electron chi connectivity index (χ1n) is 4.62. The maximum Gasteiger partial charge on any atom is 0.129 e. The van der Waals surface area contributed by atoms with Gasteiger partial charge < -0.3 is 0 Å². The summed E-state index contributed by atoms with van der Waals surface area (Å²) in [6.45, 7) is 5.98. The second kappa shape index (κ2) is 2.80. The normalized spacial score (nSPS) is 12.3. The van der Waals surface area contributed by atoms with E-state index in [1.165, 1.54) is 6.07 Å². The quantitative estimate of drug-likeness (QED) is 0.683. The molecule has 0 spiro atoms. The molecular formula is C11H13FN2. The zero-order valence-corrected chi connectivity index (χ0v) is 8.56. The van der Waals surface area contributed by atoms with E-state index in [0.717, 1.165) is 10.9 Å². The molecule has 0 saturated heterocycles. The molecule has 0 amide bonds. The minimum Gasteiger partial charge on any atom is -0.277 e. The van der Waals surface area contributed by atoms with E-state index in [1.807, 2.05) is 20.8 Å². The molecular weight excluding hydrogens is 179 g/mol. The first-order valence-corrected chi connectivity index (χ1v) is 4.62. The van der Waals surface area contributed by atoms with Crippen LogP contribution in [-0.2, 0) is 5.41 Å². The third-order valence-corrected chi connectivity index (χ3v) is 2.32. The number of rotatable bonds is 0. The third kappa shape index (κ3) is 1.29. The van der Waals surface area contributed by atoms with Crippen LogP contribution in [0.4, 0.5) is 4.39 Å². The van der Waals surface area contributed by atoms with Gasteiger partial charge in [0.2, 0.25) is 0 Å². The second-order valence-corrected chi connectivity index (χ2v) is 4.51. The van der Waals surface area contributed by atoms with Crippen molar-refractivity contribution in [1.82, 2.24) is 10.2 Å². The molecule has 0 atom stereocenters. The summed E-state index contributed by atoms with van der Waals surface area (Å²) in [5.41, 5.74) is 1.29. The van der Waals surface area contributed by atoms with Crippen LogP contribution in [0.3, 0.4) is 0 Å². The van der Waals surface area contributed by atoms with Gasteiger partial charge in [-0.2, -0.15) is 5.10 Å². The van der Waals surface area contributed by atoms with Gasteiger partial charge in [-0.3, -0.25) is 5.10 Å². The molecule has 0 aliphatic heterocycles. The van der Waals surface area contributed by atoms with Gasteiger partial charge in [0.25, 0.3) is 0 Å². The van der Waals surface area contributed by atoms with Crippen LogP contribution in [-0.4, -0.2) is 10.2 Å². The summed E-state index contributed by atoms with van der Waals surface area (Å²) in [6, 6.07) is 3.24. The van der Waals surface area contributed by atoms with Crippen molar-refractivity contribution in [2.45, 2.75) is 26.2 Å². The Kier molecular flexibility index (Phi) is 1.84. The maximum atomic E-state index is 13.6. The fourth-order valence-electron chi connectivity index (χ4n) is 1.72. The van der Waals surface area contributed by atoms with Crippen molar-refractivity contribution in [1.29, 1.82) is 0 Å². The highest BCUT2D eigenvalue weighted by atomic mass is 19.1. The number of benzene rings is 1. The Morgan fingerprint density at radius 1 is 1.29 bits per heavy atom. The van der Waals surface area contributed by atoms with Crippen molar-refractivity contribution in [3.05, 3.63) is 29.7 Å². The SMILES string of the molecule is CC(C)(C)c1c(F)ccc2cn[nH]c12. The minimum absolute atomic E-state index is 0.172. The van der Waals surface area contributed by atoms with E-state index in [1.54, 1.807) is 12.3 Å². The molecule has 14 heavy (non-hydrogen) atoms. The van der Waals surface area contributed by atoms with Gasteiger partial charge in [0.1, 0.15) is 5.82 Å². The molecule has 0 bridgehead atoms. The summed E-state index contributed by atoms with van der Waals surface area (Å²) in [5, 5.41) is 7.73. The number of hydrogen-bond donors (Lipinski definition) is 1. The highest BCUT2D eigenvalue weighted by molar-refractivity contribution is 5.82. The largest absolute Gasteiger partial charge is 0.277 e. The molecule has 1 aromatic heterocycles. The number of aromatic amines is 1. The first-order chi connectivity index (χ1) is 6.50. The fraction of sp³-hybridized carbons (Fsp3) is 0.364. The van der Waals surface area contributed by atoms with E-state index >= 15 is 0 Å². The van der Waals surface area contributed by atoms with Crippen molar-refractivity contribution in [2.24, 2.45) is 0 Å². The molecule has 0 fully saturated rings. The average molecular weight is 192 g/mol. The Morgan fingerprint density at radius 3 is 2.64 bits per heavy atom. The summed E-state index contributed by atoms with van der Waals surface area (Å²) in [6.07, 6.45) is 1.71. The van der Waals surface area contributed by atoms with Crippen LogP contribution in [0.2, 0.25) is 0 Å². The second-order valence-electron chi connectivity index (χ2n) is 4.51. The molecule has 0 radical (unpaired) electrons. The number of nitrogens with one attached hydrogen (secondary N) is 1. The molecule has 74 valence electrons. The molecule has 2 nitrogen and oxygen atoms in total. The Balaban J connectivity index is 2.83. The van der Waals surface area contributed by atoms with Gasteiger partial charge >= 0.3 is 0 Å². The number of halogens is 1. The van der Waals surface area contributed by atoms with Gasteiger partial charge in [0.15, 0.2) is 0 Å². The van der Waals surface area contributed by atoms with E-state index in [-0.39, 0.29) is 11.2 Å².